The van der Waals surface area contributed by atoms with Crippen molar-refractivity contribution in [3.8, 4) is 6.07 Å². The summed E-state index contributed by atoms with van der Waals surface area (Å²) >= 11 is 3.41. The standard InChI is InChI=1S/C38H21F3N2S2/c1-22-3-7-25(8-4-22)27(21-42)15-23-5-13-29-31-19-37-32(20-36(31)44-34(29)17-23)30-14-6-24(18-35(30)45-37)16-33(43-2)26-9-11-28(12-10-26)38(39,40)41/h3-20H,1H3/b27-15+,33-16-. The summed E-state index contributed by atoms with van der Waals surface area (Å²) in [4.78, 5) is 3.59. The Morgan fingerprint density at radius 1 is 0.689 bits per heavy atom. The summed E-state index contributed by atoms with van der Waals surface area (Å²) in [6.45, 7) is 9.66. The third kappa shape index (κ3) is 5.38. The molecule has 0 amide bonds. The molecule has 2 aromatic heterocycles. The summed E-state index contributed by atoms with van der Waals surface area (Å²) in [5.41, 5.74) is 4.46. The Morgan fingerprint density at radius 3 is 1.71 bits per heavy atom. The van der Waals surface area contributed by atoms with Crippen LogP contribution in [0.5, 0.6) is 0 Å². The van der Waals surface area contributed by atoms with Gasteiger partial charge in [-0.05, 0) is 65.6 Å². The van der Waals surface area contributed by atoms with Crippen molar-refractivity contribution in [1.29, 1.82) is 5.26 Å². The maximum absolute atomic E-state index is 13.0. The average molecular weight is 627 g/mol. The number of allylic oxidation sites excluding steroid dienone is 1. The molecule has 0 saturated carbocycles. The minimum absolute atomic E-state index is 0.283. The van der Waals surface area contributed by atoms with Crippen LogP contribution >= 0.6 is 22.7 Å². The van der Waals surface area contributed by atoms with Gasteiger partial charge in [0, 0.05) is 40.3 Å². The van der Waals surface area contributed by atoms with Crippen LogP contribution in [0.1, 0.15) is 33.4 Å². The van der Waals surface area contributed by atoms with Crippen molar-refractivity contribution >= 4 is 86.4 Å². The van der Waals surface area contributed by atoms with Crippen LogP contribution in [-0.2, 0) is 6.18 Å². The molecule has 7 heteroatoms. The number of aryl methyl sites for hydroxylation is 1. The summed E-state index contributed by atoms with van der Waals surface area (Å²) in [5, 5.41) is 14.4. The SMILES string of the molecule is [C-]#[N+]/C(=C\c1ccc2c(c1)sc1cc3c(cc12)sc1cc(/C=C(\C#N)c2ccc(C)cc2)ccc13)c1ccc(C(F)(F)F)cc1. The molecule has 0 fully saturated rings. The van der Waals surface area contributed by atoms with Crippen molar-refractivity contribution in [3.05, 3.63) is 142 Å². The molecule has 7 aromatic rings. The Kier molecular flexibility index (Phi) is 7.01. The smallest absolute Gasteiger partial charge is 0.238 e. The third-order valence-electron chi connectivity index (χ3n) is 7.84. The number of hydrogen-bond acceptors (Lipinski definition) is 3. The van der Waals surface area contributed by atoms with Gasteiger partial charge in [-0.1, -0.05) is 78.4 Å². The number of nitrogens with zero attached hydrogens (tertiary/aromatic N) is 2. The van der Waals surface area contributed by atoms with Crippen molar-refractivity contribution in [3.63, 3.8) is 0 Å². The first-order valence-corrected chi connectivity index (χ1v) is 15.6. The van der Waals surface area contributed by atoms with Crippen LogP contribution < -0.4 is 0 Å². The summed E-state index contributed by atoms with van der Waals surface area (Å²) < 4.78 is 43.5. The van der Waals surface area contributed by atoms with E-state index in [1.807, 2.05) is 55.5 Å². The molecule has 7 rings (SSSR count). The van der Waals surface area contributed by atoms with E-state index in [1.165, 1.54) is 27.6 Å². The van der Waals surface area contributed by atoms with E-state index >= 15 is 0 Å². The molecule has 0 saturated heterocycles. The fraction of sp³-hybridized carbons (Fsp3) is 0.0526. The summed E-state index contributed by atoms with van der Waals surface area (Å²) in [6, 6.07) is 31.8. The lowest BCUT2D eigenvalue weighted by Crippen LogP contribution is -2.04. The van der Waals surface area contributed by atoms with E-state index in [0.717, 1.165) is 59.3 Å². The zero-order chi connectivity index (χ0) is 31.3. The molecule has 45 heavy (non-hydrogen) atoms. The first-order valence-electron chi connectivity index (χ1n) is 14.0. The van der Waals surface area contributed by atoms with Gasteiger partial charge in [0.2, 0.25) is 0 Å². The van der Waals surface area contributed by atoms with E-state index in [0.29, 0.717) is 11.1 Å². The highest BCUT2D eigenvalue weighted by Gasteiger charge is 2.30. The molecule has 2 nitrogen and oxygen atoms in total. The van der Waals surface area contributed by atoms with Gasteiger partial charge < -0.3 is 0 Å². The van der Waals surface area contributed by atoms with E-state index in [9.17, 15) is 18.4 Å². The van der Waals surface area contributed by atoms with Gasteiger partial charge in [0.15, 0.2) is 5.70 Å². The molecule has 0 aliphatic rings. The van der Waals surface area contributed by atoms with Crippen molar-refractivity contribution in [2.75, 3.05) is 0 Å². The third-order valence-corrected chi connectivity index (χ3v) is 10.1. The summed E-state index contributed by atoms with van der Waals surface area (Å²) in [7, 11) is 0. The van der Waals surface area contributed by atoms with Crippen molar-refractivity contribution < 1.29 is 13.2 Å². The highest BCUT2D eigenvalue weighted by atomic mass is 32.1. The number of nitriles is 1. The molecule has 216 valence electrons. The molecule has 0 aliphatic carbocycles. The largest absolute Gasteiger partial charge is 0.416 e. The van der Waals surface area contributed by atoms with Crippen LogP contribution in [0.4, 0.5) is 13.2 Å². The van der Waals surface area contributed by atoms with Crippen LogP contribution in [-0.4, -0.2) is 0 Å². The number of alkyl halides is 3. The van der Waals surface area contributed by atoms with E-state index < -0.39 is 11.7 Å². The minimum Gasteiger partial charge on any atom is -0.238 e. The number of fused-ring (bicyclic) bond motifs is 6. The number of hydrogen-bond donors (Lipinski definition) is 0. The Labute approximate surface area is 265 Å². The first-order chi connectivity index (χ1) is 21.7. The molecule has 0 spiro atoms. The zero-order valence-corrected chi connectivity index (χ0v) is 25.4. The molecular formula is C38H21F3N2S2. The van der Waals surface area contributed by atoms with Gasteiger partial charge in [-0.15, -0.1) is 22.7 Å². The quantitative estimate of drug-likeness (QED) is 0.109. The number of benzene rings is 5. The van der Waals surface area contributed by atoms with E-state index in [4.69, 9.17) is 6.57 Å². The lowest BCUT2D eigenvalue weighted by molar-refractivity contribution is -0.137. The maximum atomic E-state index is 13.0. The highest BCUT2D eigenvalue weighted by molar-refractivity contribution is 7.27. The predicted octanol–water partition coefficient (Wildman–Crippen LogP) is 12.2. The summed E-state index contributed by atoms with van der Waals surface area (Å²) in [5.74, 6) is 0. The number of rotatable bonds is 4. The predicted molar refractivity (Wildman–Crippen MR) is 183 cm³/mol. The van der Waals surface area contributed by atoms with E-state index in [2.05, 4.69) is 41.2 Å². The molecule has 0 atom stereocenters. The van der Waals surface area contributed by atoms with Gasteiger partial charge in [-0.25, -0.2) is 4.85 Å². The normalized spacial score (nSPS) is 12.7. The van der Waals surface area contributed by atoms with E-state index in [1.54, 1.807) is 28.7 Å². The lowest BCUT2D eigenvalue weighted by atomic mass is 10.0. The Morgan fingerprint density at radius 2 is 1.20 bits per heavy atom. The van der Waals surface area contributed by atoms with Gasteiger partial charge in [0.1, 0.15) is 0 Å². The second-order valence-corrected chi connectivity index (χ2v) is 13.0. The van der Waals surface area contributed by atoms with Gasteiger partial charge >= 0.3 is 6.18 Å². The van der Waals surface area contributed by atoms with Gasteiger partial charge in [0.05, 0.1) is 23.8 Å². The Balaban J connectivity index is 1.24. The fourth-order valence-corrected chi connectivity index (χ4v) is 7.86. The molecule has 0 unspecified atom stereocenters. The number of halogens is 3. The van der Waals surface area contributed by atoms with Crippen LogP contribution in [0.3, 0.4) is 0 Å². The summed E-state index contributed by atoms with van der Waals surface area (Å²) in [6.07, 6.45) is -0.768. The van der Waals surface area contributed by atoms with Crippen molar-refractivity contribution in [2.24, 2.45) is 0 Å². The van der Waals surface area contributed by atoms with E-state index in [-0.39, 0.29) is 5.70 Å². The van der Waals surface area contributed by atoms with Crippen LogP contribution in [0, 0.1) is 24.8 Å². The van der Waals surface area contributed by atoms with Crippen LogP contribution in [0.15, 0.2) is 97.1 Å². The van der Waals surface area contributed by atoms with Gasteiger partial charge in [0.25, 0.3) is 0 Å². The molecule has 0 radical (unpaired) electrons. The Hall–Kier alpha value is -5.21. The van der Waals surface area contributed by atoms with Gasteiger partial charge in [-0.2, -0.15) is 18.4 Å². The fourth-order valence-electron chi connectivity index (χ4n) is 5.51. The molecular weight excluding hydrogens is 606 g/mol. The molecule has 0 bridgehead atoms. The maximum Gasteiger partial charge on any atom is 0.416 e. The van der Waals surface area contributed by atoms with Crippen LogP contribution in [0.25, 0.3) is 68.6 Å². The average Bonchev–Trinajstić information content (AvgIpc) is 3.57. The molecule has 5 aromatic carbocycles. The molecule has 0 aliphatic heterocycles. The minimum atomic E-state index is -4.42. The first kappa shape index (κ1) is 28.6. The van der Waals surface area contributed by atoms with Crippen molar-refractivity contribution in [2.45, 2.75) is 13.1 Å². The highest BCUT2D eigenvalue weighted by Crippen LogP contribution is 2.42. The van der Waals surface area contributed by atoms with Crippen LogP contribution in [0.2, 0.25) is 0 Å². The topological polar surface area (TPSA) is 28.1 Å². The molecule has 0 N–H and O–H groups in total. The second-order valence-electron chi connectivity index (χ2n) is 10.8. The lowest BCUT2D eigenvalue weighted by Gasteiger charge is -2.07. The Bertz CT molecular complexity index is 2430. The monoisotopic (exact) mass is 626 g/mol. The molecule has 2 heterocycles. The van der Waals surface area contributed by atoms with Crippen molar-refractivity contribution in [1.82, 2.24) is 0 Å². The number of thiophene rings is 2. The van der Waals surface area contributed by atoms with Gasteiger partial charge in [-0.3, -0.25) is 0 Å². The second kappa shape index (κ2) is 11.1. The zero-order valence-electron chi connectivity index (χ0n) is 23.7.